The molecule has 0 radical (unpaired) electrons. The van der Waals surface area contributed by atoms with Crippen molar-refractivity contribution in [1.82, 2.24) is 20.9 Å². The van der Waals surface area contributed by atoms with Gasteiger partial charge in [-0.2, -0.15) is 0 Å². The van der Waals surface area contributed by atoms with E-state index in [0.717, 1.165) is 16.7 Å². The Morgan fingerprint density at radius 2 is 1.64 bits per heavy atom. The fourth-order valence-electron chi connectivity index (χ4n) is 2.01. The number of ether oxygens (including phenoxy) is 1. The standard InChI is InChI=1S/C18H22N4O3/c1-13-3-5-14(6-4-13)9-21-18(24)22-12-16(23)19-10-15-7-8-17(25-2)20-11-15/h3-8,11H,9-10,12H2,1-2H3,(H,19,23)(H2,21,22,24). The van der Waals surface area contributed by atoms with Gasteiger partial charge in [-0.1, -0.05) is 35.9 Å². The molecule has 2 aromatic rings. The van der Waals surface area contributed by atoms with Gasteiger partial charge in [0, 0.05) is 25.4 Å². The number of pyridine rings is 1. The van der Waals surface area contributed by atoms with Gasteiger partial charge in [0.15, 0.2) is 0 Å². The molecule has 0 saturated carbocycles. The Morgan fingerprint density at radius 1 is 0.960 bits per heavy atom. The first-order valence-electron chi connectivity index (χ1n) is 7.89. The van der Waals surface area contributed by atoms with Crippen LogP contribution in [-0.2, 0) is 17.9 Å². The first-order valence-corrected chi connectivity index (χ1v) is 7.89. The Balaban J connectivity index is 1.64. The number of nitrogens with one attached hydrogen (secondary N) is 3. The summed E-state index contributed by atoms with van der Waals surface area (Å²) in [6, 6.07) is 11.0. The summed E-state index contributed by atoms with van der Waals surface area (Å²) in [4.78, 5) is 27.5. The molecule has 0 spiro atoms. The SMILES string of the molecule is COc1ccc(CNC(=O)CNC(=O)NCc2ccc(C)cc2)cn1. The van der Waals surface area contributed by atoms with Gasteiger partial charge in [0.1, 0.15) is 0 Å². The van der Waals surface area contributed by atoms with Crippen molar-refractivity contribution in [3.05, 3.63) is 59.3 Å². The van der Waals surface area contributed by atoms with Crippen LogP contribution in [0.4, 0.5) is 4.79 Å². The number of aryl methyl sites for hydroxylation is 1. The molecule has 7 nitrogen and oxygen atoms in total. The maximum absolute atomic E-state index is 11.8. The predicted octanol–water partition coefficient (Wildman–Crippen LogP) is 1.51. The molecule has 132 valence electrons. The minimum absolute atomic E-state index is 0.0939. The van der Waals surface area contributed by atoms with Crippen molar-refractivity contribution in [3.8, 4) is 5.88 Å². The second kappa shape index (κ2) is 9.27. The lowest BCUT2D eigenvalue weighted by atomic mass is 10.1. The smallest absolute Gasteiger partial charge is 0.315 e. The van der Waals surface area contributed by atoms with E-state index >= 15 is 0 Å². The maximum atomic E-state index is 11.8. The Bertz CT molecular complexity index is 699. The summed E-state index contributed by atoms with van der Waals surface area (Å²) in [6.45, 7) is 2.65. The molecule has 0 aliphatic carbocycles. The highest BCUT2D eigenvalue weighted by Gasteiger charge is 2.05. The van der Waals surface area contributed by atoms with Crippen molar-refractivity contribution in [3.63, 3.8) is 0 Å². The zero-order valence-corrected chi connectivity index (χ0v) is 14.3. The molecule has 3 amide bonds. The Labute approximate surface area is 146 Å². The highest BCUT2D eigenvalue weighted by atomic mass is 16.5. The second-order valence-electron chi connectivity index (χ2n) is 5.51. The van der Waals surface area contributed by atoms with E-state index in [4.69, 9.17) is 4.74 Å². The number of aromatic nitrogens is 1. The lowest BCUT2D eigenvalue weighted by molar-refractivity contribution is -0.120. The van der Waals surface area contributed by atoms with E-state index in [1.165, 1.54) is 0 Å². The molecular formula is C18H22N4O3. The Hall–Kier alpha value is -3.09. The van der Waals surface area contributed by atoms with Gasteiger partial charge >= 0.3 is 6.03 Å². The summed E-state index contributed by atoms with van der Waals surface area (Å²) in [5.41, 5.74) is 3.01. The van der Waals surface area contributed by atoms with Crippen molar-refractivity contribution < 1.29 is 14.3 Å². The third-order valence-corrected chi connectivity index (χ3v) is 3.48. The molecular weight excluding hydrogens is 320 g/mol. The van der Waals surface area contributed by atoms with Crippen LogP contribution in [0.1, 0.15) is 16.7 Å². The molecule has 0 aliphatic rings. The lowest BCUT2D eigenvalue weighted by Crippen LogP contribution is -2.41. The zero-order valence-electron chi connectivity index (χ0n) is 14.3. The highest BCUT2D eigenvalue weighted by molar-refractivity contribution is 5.83. The quantitative estimate of drug-likeness (QED) is 0.711. The first-order chi connectivity index (χ1) is 12.1. The average Bonchev–Trinajstić information content (AvgIpc) is 2.64. The number of carbonyl (C=O) groups is 2. The van der Waals surface area contributed by atoms with Gasteiger partial charge in [0.05, 0.1) is 13.7 Å². The van der Waals surface area contributed by atoms with Crippen LogP contribution in [0, 0.1) is 6.92 Å². The van der Waals surface area contributed by atoms with Gasteiger partial charge in [-0.25, -0.2) is 9.78 Å². The summed E-state index contributed by atoms with van der Waals surface area (Å²) in [5, 5.41) is 7.94. The van der Waals surface area contributed by atoms with Gasteiger partial charge in [-0.3, -0.25) is 4.79 Å². The molecule has 1 aromatic heterocycles. The lowest BCUT2D eigenvalue weighted by Gasteiger charge is -2.09. The van der Waals surface area contributed by atoms with E-state index in [1.807, 2.05) is 37.3 Å². The molecule has 1 heterocycles. The number of benzene rings is 1. The van der Waals surface area contributed by atoms with Gasteiger partial charge in [0.2, 0.25) is 11.8 Å². The maximum Gasteiger partial charge on any atom is 0.315 e. The summed E-state index contributed by atoms with van der Waals surface area (Å²) < 4.78 is 4.97. The van der Waals surface area contributed by atoms with E-state index < -0.39 is 0 Å². The molecule has 1 aromatic carbocycles. The summed E-state index contributed by atoms with van der Waals surface area (Å²) in [6.07, 6.45) is 1.63. The third-order valence-electron chi connectivity index (χ3n) is 3.48. The molecule has 25 heavy (non-hydrogen) atoms. The summed E-state index contributed by atoms with van der Waals surface area (Å²) in [5.74, 6) is 0.239. The van der Waals surface area contributed by atoms with Crippen molar-refractivity contribution in [2.24, 2.45) is 0 Å². The van der Waals surface area contributed by atoms with Crippen LogP contribution in [0.25, 0.3) is 0 Å². The predicted molar refractivity (Wildman–Crippen MR) is 94.1 cm³/mol. The second-order valence-corrected chi connectivity index (χ2v) is 5.51. The number of nitrogens with zero attached hydrogens (tertiary/aromatic N) is 1. The van der Waals surface area contributed by atoms with Crippen LogP contribution in [0.5, 0.6) is 5.88 Å². The molecule has 0 saturated heterocycles. The van der Waals surface area contributed by atoms with Crippen LogP contribution in [0.2, 0.25) is 0 Å². The molecule has 2 rings (SSSR count). The molecule has 0 bridgehead atoms. The van der Waals surface area contributed by atoms with Crippen molar-refractivity contribution >= 4 is 11.9 Å². The topological polar surface area (TPSA) is 92.4 Å². The van der Waals surface area contributed by atoms with E-state index in [9.17, 15) is 9.59 Å². The fourth-order valence-corrected chi connectivity index (χ4v) is 2.01. The van der Waals surface area contributed by atoms with Crippen LogP contribution >= 0.6 is 0 Å². The minimum Gasteiger partial charge on any atom is -0.481 e. The van der Waals surface area contributed by atoms with Crippen LogP contribution in [0.15, 0.2) is 42.6 Å². The van der Waals surface area contributed by atoms with Gasteiger partial charge in [-0.05, 0) is 18.1 Å². The third kappa shape index (κ3) is 6.50. The molecule has 0 aliphatic heterocycles. The van der Waals surface area contributed by atoms with E-state index in [1.54, 1.807) is 19.4 Å². The van der Waals surface area contributed by atoms with E-state index in [-0.39, 0.29) is 18.5 Å². The Kier molecular flexibility index (Phi) is 6.76. The number of urea groups is 1. The largest absolute Gasteiger partial charge is 0.481 e. The number of hydrogen-bond donors (Lipinski definition) is 3. The van der Waals surface area contributed by atoms with Crippen LogP contribution in [0.3, 0.4) is 0 Å². The highest BCUT2D eigenvalue weighted by Crippen LogP contribution is 2.06. The molecule has 7 heteroatoms. The minimum atomic E-state index is -0.387. The summed E-state index contributed by atoms with van der Waals surface area (Å²) in [7, 11) is 1.54. The fraction of sp³-hybridized carbons (Fsp3) is 0.278. The van der Waals surface area contributed by atoms with Crippen molar-refractivity contribution in [2.75, 3.05) is 13.7 Å². The zero-order chi connectivity index (χ0) is 18.1. The van der Waals surface area contributed by atoms with Gasteiger partial charge in [0.25, 0.3) is 0 Å². The summed E-state index contributed by atoms with van der Waals surface area (Å²) >= 11 is 0. The van der Waals surface area contributed by atoms with Gasteiger partial charge < -0.3 is 20.7 Å². The van der Waals surface area contributed by atoms with Crippen molar-refractivity contribution in [2.45, 2.75) is 20.0 Å². The molecule has 3 N–H and O–H groups in total. The van der Waals surface area contributed by atoms with Crippen LogP contribution < -0.4 is 20.7 Å². The molecule has 0 unspecified atom stereocenters. The first kappa shape index (κ1) is 18.3. The normalized spacial score (nSPS) is 10.0. The number of hydrogen-bond acceptors (Lipinski definition) is 4. The Morgan fingerprint density at radius 3 is 2.28 bits per heavy atom. The molecule has 0 fully saturated rings. The number of methoxy groups -OCH3 is 1. The number of carbonyl (C=O) groups excluding carboxylic acids is 2. The average molecular weight is 342 g/mol. The number of amides is 3. The van der Waals surface area contributed by atoms with E-state index in [0.29, 0.717) is 19.0 Å². The van der Waals surface area contributed by atoms with Crippen LogP contribution in [-0.4, -0.2) is 30.6 Å². The van der Waals surface area contributed by atoms with Crippen molar-refractivity contribution in [1.29, 1.82) is 0 Å². The van der Waals surface area contributed by atoms with E-state index in [2.05, 4.69) is 20.9 Å². The monoisotopic (exact) mass is 342 g/mol. The number of rotatable bonds is 7. The van der Waals surface area contributed by atoms with Gasteiger partial charge in [-0.15, -0.1) is 0 Å². The molecule has 0 atom stereocenters.